The van der Waals surface area contributed by atoms with Crippen molar-refractivity contribution in [1.29, 1.82) is 0 Å². The Labute approximate surface area is 118 Å². The first-order valence-electron chi connectivity index (χ1n) is 7.40. The van der Waals surface area contributed by atoms with Gasteiger partial charge in [0, 0.05) is 6.61 Å². The smallest absolute Gasteiger partial charge is 0.0433 e. The molecule has 0 bridgehead atoms. The van der Waals surface area contributed by atoms with Crippen LogP contribution in [0.15, 0.2) is 54.6 Å². The van der Waals surface area contributed by atoms with Crippen LogP contribution in [0.2, 0.25) is 0 Å². The zero-order valence-corrected chi connectivity index (χ0v) is 11.4. The molecule has 1 nitrogen and oxygen atoms in total. The number of rotatable bonds is 3. The molecule has 1 aliphatic carbocycles. The molecule has 0 amide bonds. The first kappa shape index (κ1) is 11.9. The molecule has 0 saturated heterocycles. The fourth-order valence-corrected chi connectivity index (χ4v) is 3.50. The zero-order chi connectivity index (χ0) is 13.5. The monoisotopic (exact) mass is 262 g/mol. The summed E-state index contributed by atoms with van der Waals surface area (Å²) < 4.78 is 0. The second-order valence-corrected chi connectivity index (χ2v) is 5.85. The molecule has 0 aliphatic heterocycles. The van der Waals surface area contributed by atoms with Crippen molar-refractivity contribution >= 4 is 21.5 Å². The van der Waals surface area contributed by atoms with Crippen LogP contribution in [0.4, 0.5) is 0 Å². The van der Waals surface area contributed by atoms with Gasteiger partial charge in [0.2, 0.25) is 0 Å². The highest BCUT2D eigenvalue weighted by molar-refractivity contribution is 6.09. The molecule has 0 aromatic heterocycles. The molecule has 1 aliphatic rings. The molecule has 4 rings (SSSR count). The highest BCUT2D eigenvalue weighted by atomic mass is 16.3. The van der Waals surface area contributed by atoms with Gasteiger partial charge in [-0.3, -0.25) is 0 Å². The summed E-state index contributed by atoms with van der Waals surface area (Å²) in [5.41, 5.74) is 1.47. The summed E-state index contributed by atoms with van der Waals surface area (Å²) in [6, 6.07) is 19.7. The fraction of sp³-hybridized carbons (Fsp3) is 0.263. The largest absolute Gasteiger partial charge is 0.396 e. The van der Waals surface area contributed by atoms with Gasteiger partial charge in [-0.1, -0.05) is 54.6 Å². The zero-order valence-electron chi connectivity index (χ0n) is 11.4. The summed E-state index contributed by atoms with van der Waals surface area (Å²) in [6.07, 6.45) is 2.16. The molecule has 0 spiro atoms. The average molecular weight is 262 g/mol. The van der Waals surface area contributed by atoms with Gasteiger partial charge in [0.05, 0.1) is 0 Å². The maximum absolute atomic E-state index is 9.13. The summed E-state index contributed by atoms with van der Waals surface area (Å²) in [4.78, 5) is 0. The van der Waals surface area contributed by atoms with E-state index in [0.717, 1.165) is 6.42 Å². The molecule has 1 fully saturated rings. The SMILES string of the molecule is OCC[C@H]1C[C@H]1c1cc2ccccc2c2ccccc12. The average Bonchev–Trinajstić information content (AvgIpc) is 3.26. The Morgan fingerprint density at radius 1 is 0.900 bits per heavy atom. The van der Waals surface area contributed by atoms with Crippen LogP contribution < -0.4 is 0 Å². The molecule has 0 unspecified atom stereocenters. The topological polar surface area (TPSA) is 20.2 Å². The Morgan fingerprint density at radius 3 is 2.40 bits per heavy atom. The lowest BCUT2D eigenvalue weighted by molar-refractivity contribution is 0.279. The second-order valence-electron chi connectivity index (χ2n) is 5.85. The van der Waals surface area contributed by atoms with Crippen molar-refractivity contribution in [3.05, 3.63) is 60.2 Å². The van der Waals surface area contributed by atoms with E-state index < -0.39 is 0 Å². The van der Waals surface area contributed by atoms with Gasteiger partial charge in [0.15, 0.2) is 0 Å². The molecule has 3 aromatic carbocycles. The molecule has 1 saturated carbocycles. The Kier molecular flexibility index (Phi) is 2.75. The molecule has 3 aromatic rings. The lowest BCUT2D eigenvalue weighted by Crippen LogP contribution is -1.90. The summed E-state index contributed by atoms with van der Waals surface area (Å²) in [6.45, 7) is 0.312. The predicted octanol–water partition coefficient (Wildman–Crippen LogP) is 4.48. The molecular formula is C19H18O. The van der Waals surface area contributed by atoms with Crippen LogP contribution in [0.5, 0.6) is 0 Å². The fourth-order valence-electron chi connectivity index (χ4n) is 3.50. The van der Waals surface area contributed by atoms with Crippen LogP contribution in [-0.2, 0) is 0 Å². The predicted molar refractivity (Wildman–Crippen MR) is 84.0 cm³/mol. The highest BCUT2D eigenvalue weighted by Crippen LogP contribution is 2.52. The van der Waals surface area contributed by atoms with Crippen molar-refractivity contribution in [2.24, 2.45) is 5.92 Å². The normalized spacial score (nSPS) is 21.4. The summed E-state index contributed by atoms with van der Waals surface area (Å²) >= 11 is 0. The highest BCUT2D eigenvalue weighted by Gasteiger charge is 2.38. The van der Waals surface area contributed by atoms with Crippen molar-refractivity contribution in [3.63, 3.8) is 0 Å². The summed E-state index contributed by atoms with van der Waals surface area (Å²) in [7, 11) is 0. The first-order chi connectivity index (χ1) is 9.88. The van der Waals surface area contributed by atoms with E-state index in [4.69, 9.17) is 5.11 Å². The number of aliphatic hydroxyl groups is 1. The van der Waals surface area contributed by atoms with Crippen LogP contribution in [0.25, 0.3) is 21.5 Å². The molecular weight excluding hydrogens is 244 g/mol. The second kappa shape index (κ2) is 4.60. The lowest BCUT2D eigenvalue weighted by atomic mass is 9.94. The van der Waals surface area contributed by atoms with Crippen LogP contribution in [0.1, 0.15) is 24.3 Å². The van der Waals surface area contributed by atoms with Crippen LogP contribution in [0, 0.1) is 5.92 Å². The Morgan fingerprint density at radius 2 is 1.60 bits per heavy atom. The van der Waals surface area contributed by atoms with Crippen molar-refractivity contribution in [3.8, 4) is 0 Å². The lowest BCUT2D eigenvalue weighted by Gasteiger charge is -2.10. The molecule has 1 heteroatoms. The number of fused-ring (bicyclic) bond motifs is 3. The first-order valence-corrected chi connectivity index (χ1v) is 7.40. The van der Waals surface area contributed by atoms with Gasteiger partial charge in [-0.15, -0.1) is 0 Å². The molecule has 100 valence electrons. The van der Waals surface area contributed by atoms with E-state index >= 15 is 0 Å². The minimum absolute atomic E-state index is 0.312. The third kappa shape index (κ3) is 1.82. The van der Waals surface area contributed by atoms with E-state index in [1.807, 2.05) is 0 Å². The maximum atomic E-state index is 9.13. The van der Waals surface area contributed by atoms with Gasteiger partial charge in [-0.25, -0.2) is 0 Å². The van der Waals surface area contributed by atoms with Crippen LogP contribution in [0.3, 0.4) is 0 Å². The molecule has 0 heterocycles. The number of aliphatic hydroxyl groups excluding tert-OH is 1. The van der Waals surface area contributed by atoms with Crippen molar-refractivity contribution < 1.29 is 5.11 Å². The minimum atomic E-state index is 0.312. The molecule has 20 heavy (non-hydrogen) atoms. The minimum Gasteiger partial charge on any atom is -0.396 e. The number of hydrogen-bond acceptors (Lipinski definition) is 1. The van der Waals surface area contributed by atoms with E-state index in [0.29, 0.717) is 18.4 Å². The summed E-state index contributed by atoms with van der Waals surface area (Å²) in [5, 5.41) is 14.5. The van der Waals surface area contributed by atoms with E-state index in [1.165, 1.54) is 33.5 Å². The third-order valence-corrected chi connectivity index (χ3v) is 4.62. The van der Waals surface area contributed by atoms with Crippen molar-refractivity contribution in [2.45, 2.75) is 18.8 Å². The maximum Gasteiger partial charge on any atom is 0.0433 e. The van der Waals surface area contributed by atoms with Gasteiger partial charge >= 0.3 is 0 Å². The van der Waals surface area contributed by atoms with Gasteiger partial charge in [0.25, 0.3) is 0 Å². The van der Waals surface area contributed by atoms with Gasteiger partial charge < -0.3 is 5.11 Å². The Bertz CT molecular complexity index is 775. The van der Waals surface area contributed by atoms with Gasteiger partial charge in [0.1, 0.15) is 0 Å². The Balaban J connectivity index is 1.95. The van der Waals surface area contributed by atoms with E-state index in [2.05, 4.69) is 54.6 Å². The Hall–Kier alpha value is -1.86. The van der Waals surface area contributed by atoms with E-state index in [1.54, 1.807) is 0 Å². The van der Waals surface area contributed by atoms with Gasteiger partial charge in [-0.2, -0.15) is 0 Å². The van der Waals surface area contributed by atoms with E-state index in [-0.39, 0.29) is 0 Å². The molecule has 1 N–H and O–H groups in total. The number of hydrogen-bond donors (Lipinski definition) is 1. The standard InChI is InChI=1S/C19H18O/c20-10-9-14-11-18(14)19-12-13-5-1-2-6-15(13)16-7-3-4-8-17(16)19/h1-8,12,14,18,20H,9-11H2/t14-,18+/m0/s1. The molecule has 2 atom stereocenters. The molecule has 0 radical (unpaired) electrons. The van der Waals surface area contributed by atoms with Crippen LogP contribution in [-0.4, -0.2) is 11.7 Å². The summed E-state index contributed by atoms with van der Waals surface area (Å²) in [5.74, 6) is 1.31. The van der Waals surface area contributed by atoms with E-state index in [9.17, 15) is 0 Å². The quantitative estimate of drug-likeness (QED) is 0.690. The van der Waals surface area contributed by atoms with Crippen LogP contribution >= 0.6 is 0 Å². The van der Waals surface area contributed by atoms with Gasteiger partial charge in [-0.05, 0) is 51.8 Å². The van der Waals surface area contributed by atoms with Crippen molar-refractivity contribution in [2.75, 3.05) is 6.61 Å². The van der Waals surface area contributed by atoms with Crippen molar-refractivity contribution in [1.82, 2.24) is 0 Å². The number of benzene rings is 3. The third-order valence-electron chi connectivity index (χ3n) is 4.62.